The molecule has 0 aliphatic heterocycles. The number of hydrogen-bond donors (Lipinski definition) is 0. The van der Waals surface area contributed by atoms with Crippen molar-refractivity contribution in [1.29, 1.82) is 0 Å². The van der Waals surface area contributed by atoms with Crippen LogP contribution in [0.15, 0.2) is 0 Å². The van der Waals surface area contributed by atoms with Crippen LogP contribution in [0.3, 0.4) is 0 Å². The van der Waals surface area contributed by atoms with Crippen LogP contribution in [0, 0.1) is 11.8 Å². The van der Waals surface area contributed by atoms with Gasteiger partial charge in [-0.25, -0.2) is 0 Å². The van der Waals surface area contributed by atoms with Crippen molar-refractivity contribution in [3.63, 3.8) is 0 Å². The summed E-state index contributed by atoms with van der Waals surface area (Å²) in [5.41, 5.74) is 0. The molecular weight excluding hydrogens is 661 g/mol. The largest absolute Gasteiger partial charge is 0.462 e. The molecule has 0 rings (SSSR count). The zero-order chi connectivity index (χ0) is 39.0. The molecule has 0 heterocycles. The van der Waals surface area contributed by atoms with E-state index in [9.17, 15) is 14.4 Å². The predicted octanol–water partition coefficient (Wildman–Crippen LogP) is 14.6. The fourth-order valence-corrected chi connectivity index (χ4v) is 6.93. The third kappa shape index (κ3) is 41.4. The average Bonchev–Trinajstić information content (AvgIpc) is 3.12. The van der Waals surface area contributed by atoms with Crippen LogP contribution in [-0.4, -0.2) is 37.2 Å². The zero-order valence-electron chi connectivity index (χ0n) is 36.1. The Balaban J connectivity index is 4.17. The van der Waals surface area contributed by atoms with Crippen molar-refractivity contribution in [2.45, 2.75) is 259 Å². The maximum absolute atomic E-state index is 12.7. The second kappa shape index (κ2) is 40.1. The van der Waals surface area contributed by atoms with E-state index in [-0.39, 0.29) is 31.1 Å². The van der Waals surface area contributed by atoms with Gasteiger partial charge in [0.05, 0.1) is 0 Å². The van der Waals surface area contributed by atoms with E-state index >= 15 is 0 Å². The van der Waals surface area contributed by atoms with Gasteiger partial charge in [-0.05, 0) is 31.1 Å². The van der Waals surface area contributed by atoms with Crippen molar-refractivity contribution in [3.8, 4) is 0 Å². The van der Waals surface area contributed by atoms with Gasteiger partial charge < -0.3 is 14.2 Å². The monoisotopic (exact) mass is 751 g/mol. The molecule has 0 aliphatic rings. The molecule has 0 saturated heterocycles. The van der Waals surface area contributed by atoms with E-state index in [0.29, 0.717) is 19.3 Å². The van der Waals surface area contributed by atoms with Crippen LogP contribution in [0.5, 0.6) is 0 Å². The summed E-state index contributed by atoms with van der Waals surface area (Å²) in [5, 5.41) is 0. The molecule has 0 spiro atoms. The molecule has 0 aromatic heterocycles. The minimum absolute atomic E-state index is 0.0655. The van der Waals surface area contributed by atoms with Crippen molar-refractivity contribution >= 4 is 17.9 Å². The van der Waals surface area contributed by atoms with Crippen LogP contribution in [0.4, 0.5) is 0 Å². The lowest BCUT2D eigenvalue weighted by Gasteiger charge is -2.18. The number of esters is 3. The van der Waals surface area contributed by atoms with Crippen molar-refractivity contribution < 1.29 is 28.6 Å². The Hall–Kier alpha value is -1.59. The topological polar surface area (TPSA) is 78.9 Å². The van der Waals surface area contributed by atoms with Crippen molar-refractivity contribution in [1.82, 2.24) is 0 Å². The van der Waals surface area contributed by atoms with Gasteiger partial charge in [0.2, 0.25) is 0 Å². The van der Waals surface area contributed by atoms with Gasteiger partial charge in [-0.3, -0.25) is 14.4 Å². The summed E-state index contributed by atoms with van der Waals surface area (Å²) in [7, 11) is 0. The van der Waals surface area contributed by atoms with Gasteiger partial charge in [0.1, 0.15) is 13.2 Å². The van der Waals surface area contributed by atoms with Gasteiger partial charge in [0.15, 0.2) is 6.10 Å². The van der Waals surface area contributed by atoms with Gasteiger partial charge in [-0.2, -0.15) is 0 Å². The molecule has 314 valence electrons. The van der Waals surface area contributed by atoms with Crippen molar-refractivity contribution in [2.75, 3.05) is 13.2 Å². The van der Waals surface area contributed by atoms with Gasteiger partial charge in [-0.15, -0.1) is 0 Å². The Bertz CT molecular complexity index is 809. The average molecular weight is 751 g/mol. The number of unbranched alkanes of at least 4 members (excludes halogenated alkanes) is 26. The molecule has 0 N–H and O–H groups in total. The third-order valence-corrected chi connectivity index (χ3v) is 10.5. The molecule has 6 heteroatoms. The summed E-state index contributed by atoms with van der Waals surface area (Å²) >= 11 is 0. The van der Waals surface area contributed by atoms with E-state index in [1.54, 1.807) is 0 Å². The molecule has 6 nitrogen and oxygen atoms in total. The molecule has 0 unspecified atom stereocenters. The van der Waals surface area contributed by atoms with E-state index in [1.165, 1.54) is 135 Å². The highest BCUT2D eigenvalue weighted by Gasteiger charge is 2.19. The first-order valence-electron chi connectivity index (χ1n) is 23.2. The van der Waals surface area contributed by atoms with Crippen LogP contribution in [0.25, 0.3) is 0 Å². The highest BCUT2D eigenvalue weighted by atomic mass is 16.6. The number of carbonyl (C=O) groups is 3. The molecule has 1 atom stereocenters. The molecule has 0 bridgehead atoms. The summed E-state index contributed by atoms with van der Waals surface area (Å²) in [5.74, 6) is 0.796. The number of rotatable bonds is 41. The Labute approximate surface area is 329 Å². The quantitative estimate of drug-likeness (QED) is 0.0352. The van der Waals surface area contributed by atoms with Gasteiger partial charge in [0.25, 0.3) is 0 Å². The molecule has 0 amide bonds. The van der Waals surface area contributed by atoms with Crippen LogP contribution in [0.2, 0.25) is 0 Å². The van der Waals surface area contributed by atoms with Crippen molar-refractivity contribution in [3.05, 3.63) is 0 Å². The van der Waals surface area contributed by atoms with E-state index < -0.39 is 6.10 Å². The molecule has 0 saturated carbocycles. The standard InChI is InChI=1S/C47H90O6/c1-6-7-8-25-32-37-45(48)51-40-44(41-52-46(49)38-33-28-23-19-16-12-14-18-22-27-31-36-43(4)5)53-47(50)39-34-29-24-20-15-11-9-10-13-17-21-26-30-35-42(2)3/h42-44H,6-41H2,1-5H3/t44-/m1/s1. The third-order valence-electron chi connectivity index (χ3n) is 10.5. The fraction of sp³-hybridized carbons (Fsp3) is 0.936. The van der Waals surface area contributed by atoms with Gasteiger partial charge in [0, 0.05) is 19.3 Å². The summed E-state index contributed by atoms with van der Waals surface area (Å²) in [6.07, 6.45) is 38.3. The lowest BCUT2D eigenvalue weighted by molar-refractivity contribution is -0.167. The van der Waals surface area contributed by atoms with Crippen LogP contribution >= 0.6 is 0 Å². The van der Waals surface area contributed by atoms with Crippen LogP contribution in [0.1, 0.15) is 253 Å². The number of ether oxygens (including phenoxy) is 3. The predicted molar refractivity (Wildman–Crippen MR) is 224 cm³/mol. The van der Waals surface area contributed by atoms with Gasteiger partial charge in [-0.1, -0.05) is 214 Å². The molecule has 53 heavy (non-hydrogen) atoms. The maximum atomic E-state index is 12.7. The Morgan fingerprint density at radius 3 is 0.925 bits per heavy atom. The van der Waals surface area contributed by atoms with E-state index in [1.807, 2.05) is 0 Å². The maximum Gasteiger partial charge on any atom is 0.306 e. The van der Waals surface area contributed by atoms with Crippen LogP contribution in [-0.2, 0) is 28.6 Å². The first-order valence-corrected chi connectivity index (χ1v) is 23.2. The van der Waals surface area contributed by atoms with E-state index in [4.69, 9.17) is 14.2 Å². The number of carbonyl (C=O) groups excluding carboxylic acids is 3. The first-order chi connectivity index (χ1) is 25.7. The molecule has 0 aromatic rings. The molecule has 0 fully saturated rings. The fourth-order valence-electron chi connectivity index (χ4n) is 6.93. The van der Waals surface area contributed by atoms with Crippen LogP contribution < -0.4 is 0 Å². The highest BCUT2D eigenvalue weighted by molar-refractivity contribution is 5.71. The smallest absolute Gasteiger partial charge is 0.306 e. The number of hydrogen-bond acceptors (Lipinski definition) is 6. The highest BCUT2D eigenvalue weighted by Crippen LogP contribution is 2.17. The summed E-state index contributed by atoms with van der Waals surface area (Å²) in [4.78, 5) is 37.5. The normalized spacial score (nSPS) is 12.1. The summed E-state index contributed by atoms with van der Waals surface area (Å²) < 4.78 is 16.6. The molecule has 0 aliphatic carbocycles. The second-order valence-corrected chi connectivity index (χ2v) is 17.0. The Morgan fingerprint density at radius 2 is 0.623 bits per heavy atom. The summed E-state index contributed by atoms with van der Waals surface area (Å²) in [6.45, 7) is 11.3. The minimum Gasteiger partial charge on any atom is -0.462 e. The second-order valence-electron chi connectivity index (χ2n) is 17.0. The zero-order valence-corrected chi connectivity index (χ0v) is 36.1. The van der Waals surface area contributed by atoms with Gasteiger partial charge >= 0.3 is 17.9 Å². The Morgan fingerprint density at radius 1 is 0.358 bits per heavy atom. The van der Waals surface area contributed by atoms with E-state index in [0.717, 1.165) is 76.0 Å². The molecule has 0 radical (unpaired) electrons. The Kier molecular flexibility index (Phi) is 38.9. The molecule has 0 aromatic carbocycles. The molecular formula is C47H90O6. The lowest BCUT2D eigenvalue weighted by atomic mass is 10.0. The van der Waals surface area contributed by atoms with Crippen molar-refractivity contribution in [2.24, 2.45) is 11.8 Å². The SMILES string of the molecule is CCCCCCCC(=O)OC[C@H](COC(=O)CCCCCCCCCCCCCC(C)C)OC(=O)CCCCCCCCCCCCCCCC(C)C. The summed E-state index contributed by atoms with van der Waals surface area (Å²) in [6, 6.07) is 0. The minimum atomic E-state index is -0.759. The van der Waals surface area contributed by atoms with E-state index in [2.05, 4.69) is 34.6 Å². The lowest BCUT2D eigenvalue weighted by Crippen LogP contribution is -2.30. The first kappa shape index (κ1) is 51.4.